The van der Waals surface area contributed by atoms with Crippen molar-refractivity contribution in [3.05, 3.63) is 47.0 Å². The molecule has 2 rings (SSSR count). The molecule has 0 aliphatic heterocycles. The Hall–Kier alpha value is -2.76. The highest BCUT2D eigenvalue weighted by molar-refractivity contribution is 5.84. The molecule has 2 aromatic rings. The van der Waals surface area contributed by atoms with Gasteiger partial charge in [0.2, 0.25) is 0 Å². The zero-order valence-corrected chi connectivity index (χ0v) is 11.9. The van der Waals surface area contributed by atoms with Crippen LogP contribution in [0.3, 0.4) is 0 Å². The van der Waals surface area contributed by atoms with Gasteiger partial charge in [-0.3, -0.25) is 20.0 Å². The van der Waals surface area contributed by atoms with E-state index in [0.29, 0.717) is 22.5 Å². The summed E-state index contributed by atoms with van der Waals surface area (Å²) in [5.74, 6) is 0.236. The van der Waals surface area contributed by atoms with E-state index in [1.165, 1.54) is 0 Å². The van der Waals surface area contributed by atoms with Crippen LogP contribution < -0.4 is 0 Å². The minimum Gasteiger partial charge on any atom is -0.505 e. The summed E-state index contributed by atoms with van der Waals surface area (Å²) in [5, 5.41) is 19.5. The molecule has 0 amide bonds. The molecular formula is C15H16N4O2. The van der Waals surface area contributed by atoms with E-state index in [0.717, 1.165) is 0 Å². The number of aliphatic imine (C=N–C) groups is 2. The van der Waals surface area contributed by atoms with Crippen molar-refractivity contribution in [3.63, 3.8) is 0 Å². The number of pyridine rings is 2. The SMILES string of the molecule is Cc1nccc(C=NCN=Cc2ccnc(C)c2O)c1O. The normalized spacial score (nSPS) is 11.5. The zero-order valence-electron chi connectivity index (χ0n) is 11.9. The molecule has 2 aromatic heterocycles. The second-order valence-electron chi connectivity index (χ2n) is 4.43. The molecular weight excluding hydrogens is 268 g/mol. The van der Waals surface area contributed by atoms with E-state index in [2.05, 4.69) is 20.0 Å². The summed E-state index contributed by atoms with van der Waals surface area (Å²) in [4.78, 5) is 16.1. The molecule has 2 heterocycles. The lowest BCUT2D eigenvalue weighted by Gasteiger charge is -2.01. The lowest BCUT2D eigenvalue weighted by Crippen LogP contribution is -1.90. The fourth-order valence-corrected chi connectivity index (χ4v) is 1.69. The lowest BCUT2D eigenvalue weighted by molar-refractivity contribution is 0.466. The third-order valence-corrected chi connectivity index (χ3v) is 2.90. The van der Waals surface area contributed by atoms with E-state index in [1.54, 1.807) is 50.8 Å². The first-order valence-corrected chi connectivity index (χ1v) is 6.38. The maximum absolute atomic E-state index is 9.77. The van der Waals surface area contributed by atoms with E-state index in [4.69, 9.17) is 0 Å². The topological polar surface area (TPSA) is 91.0 Å². The van der Waals surface area contributed by atoms with Crippen LogP contribution in [0.1, 0.15) is 22.5 Å². The molecule has 0 bridgehead atoms. The largest absolute Gasteiger partial charge is 0.505 e. The first-order chi connectivity index (χ1) is 10.1. The molecule has 0 aliphatic rings. The fraction of sp³-hybridized carbons (Fsp3) is 0.200. The van der Waals surface area contributed by atoms with Gasteiger partial charge in [0.25, 0.3) is 0 Å². The van der Waals surface area contributed by atoms with Gasteiger partial charge < -0.3 is 10.2 Å². The van der Waals surface area contributed by atoms with Gasteiger partial charge in [-0.05, 0) is 26.0 Å². The fourth-order valence-electron chi connectivity index (χ4n) is 1.69. The van der Waals surface area contributed by atoms with Gasteiger partial charge in [0.1, 0.15) is 18.2 Å². The number of nitrogens with zero attached hydrogens (tertiary/aromatic N) is 4. The third-order valence-electron chi connectivity index (χ3n) is 2.90. The van der Waals surface area contributed by atoms with Gasteiger partial charge in [-0.15, -0.1) is 0 Å². The van der Waals surface area contributed by atoms with Crippen LogP contribution in [0.5, 0.6) is 11.5 Å². The van der Waals surface area contributed by atoms with Gasteiger partial charge in [-0.2, -0.15) is 0 Å². The molecule has 0 aromatic carbocycles. The number of aromatic nitrogens is 2. The van der Waals surface area contributed by atoms with Crippen LogP contribution in [0.4, 0.5) is 0 Å². The van der Waals surface area contributed by atoms with Crippen LogP contribution in [0, 0.1) is 13.8 Å². The van der Waals surface area contributed by atoms with Crippen LogP contribution >= 0.6 is 0 Å². The van der Waals surface area contributed by atoms with Crippen molar-refractivity contribution >= 4 is 12.4 Å². The van der Waals surface area contributed by atoms with Crippen LogP contribution in [0.2, 0.25) is 0 Å². The number of rotatable bonds is 4. The second kappa shape index (κ2) is 6.60. The van der Waals surface area contributed by atoms with Gasteiger partial charge in [0, 0.05) is 35.9 Å². The number of aryl methyl sites for hydroxylation is 2. The molecule has 0 fully saturated rings. The molecule has 0 atom stereocenters. The number of hydrogen-bond acceptors (Lipinski definition) is 6. The van der Waals surface area contributed by atoms with Crippen molar-refractivity contribution in [3.8, 4) is 11.5 Å². The molecule has 0 aliphatic carbocycles. The Morgan fingerprint density at radius 3 is 1.76 bits per heavy atom. The summed E-state index contributed by atoms with van der Waals surface area (Å²) in [5.41, 5.74) is 2.31. The predicted octanol–water partition coefficient (Wildman–Crippen LogP) is 2.00. The van der Waals surface area contributed by atoms with Crippen LogP contribution in [0.15, 0.2) is 34.5 Å². The Bertz CT molecular complexity index is 637. The second-order valence-corrected chi connectivity index (χ2v) is 4.43. The van der Waals surface area contributed by atoms with Gasteiger partial charge in [-0.1, -0.05) is 0 Å². The first-order valence-electron chi connectivity index (χ1n) is 6.38. The summed E-state index contributed by atoms with van der Waals surface area (Å²) in [6.45, 7) is 3.64. The van der Waals surface area contributed by atoms with E-state index in [-0.39, 0.29) is 18.2 Å². The van der Waals surface area contributed by atoms with Crippen molar-refractivity contribution in [2.45, 2.75) is 13.8 Å². The van der Waals surface area contributed by atoms with E-state index >= 15 is 0 Å². The standard InChI is InChI=1S/C15H16N4O2/c1-10-14(20)12(3-5-18-10)7-16-9-17-8-13-4-6-19-11(2)15(13)21/h3-8,20-21H,9H2,1-2H3. The smallest absolute Gasteiger partial charge is 0.145 e. The van der Waals surface area contributed by atoms with Gasteiger partial charge in [0.05, 0.1) is 11.4 Å². The van der Waals surface area contributed by atoms with Crippen molar-refractivity contribution in [1.82, 2.24) is 9.97 Å². The zero-order chi connectivity index (χ0) is 15.2. The molecule has 0 spiro atoms. The maximum atomic E-state index is 9.77. The average molecular weight is 284 g/mol. The Morgan fingerprint density at radius 1 is 0.905 bits per heavy atom. The molecule has 108 valence electrons. The molecule has 0 saturated carbocycles. The highest BCUT2D eigenvalue weighted by Crippen LogP contribution is 2.18. The Labute approximate surface area is 122 Å². The molecule has 6 heteroatoms. The highest BCUT2D eigenvalue weighted by atomic mass is 16.3. The molecule has 21 heavy (non-hydrogen) atoms. The van der Waals surface area contributed by atoms with Crippen molar-refractivity contribution in [2.75, 3.05) is 6.67 Å². The summed E-state index contributed by atoms with van der Waals surface area (Å²) >= 11 is 0. The first kappa shape index (κ1) is 14.6. The van der Waals surface area contributed by atoms with Crippen LogP contribution in [0.25, 0.3) is 0 Å². The molecule has 0 saturated heterocycles. The summed E-state index contributed by atoms with van der Waals surface area (Å²) in [6.07, 6.45) is 6.30. The predicted molar refractivity (Wildman–Crippen MR) is 81.3 cm³/mol. The Kier molecular flexibility index (Phi) is 4.61. The lowest BCUT2D eigenvalue weighted by atomic mass is 10.2. The average Bonchev–Trinajstić information content (AvgIpc) is 2.47. The van der Waals surface area contributed by atoms with E-state index < -0.39 is 0 Å². The van der Waals surface area contributed by atoms with E-state index in [9.17, 15) is 10.2 Å². The molecule has 6 nitrogen and oxygen atoms in total. The Balaban J connectivity index is 2.01. The molecule has 2 N–H and O–H groups in total. The van der Waals surface area contributed by atoms with Gasteiger partial charge >= 0.3 is 0 Å². The van der Waals surface area contributed by atoms with Crippen molar-refractivity contribution in [1.29, 1.82) is 0 Å². The summed E-state index contributed by atoms with van der Waals surface area (Å²) in [6, 6.07) is 3.35. The van der Waals surface area contributed by atoms with E-state index in [1.807, 2.05) is 0 Å². The summed E-state index contributed by atoms with van der Waals surface area (Å²) < 4.78 is 0. The molecule has 0 radical (unpaired) electrons. The van der Waals surface area contributed by atoms with Gasteiger partial charge in [-0.25, -0.2) is 0 Å². The number of aromatic hydroxyl groups is 2. The third kappa shape index (κ3) is 3.62. The maximum Gasteiger partial charge on any atom is 0.145 e. The Morgan fingerprint density at radius 2 is 1.33 bits per heavy atom. The minimum absolute atomic E-state index is 0.118. The van der Waals surface area contributed by atoms with Crippen LogP contribution in [-0.4, -0.2) is 39.3 Å². The molecule has 0 unspecified atom stereocenters. The van der Waals surface area contributed by atoms with Crippen molar-refractivity contribution in [2.24, 2.45) is 9.98 Å². The minimum atomic E-state index is 0.118. The summed E-state index contributed by atoms with van der Waals surface area (Å²) in [7, 11) is 0. The van der Waals surface area contributed by atoms with Gasteiger partial charge in [0.15, 0.2) is 0 Å². The van der Waals surface area contributed by atoms with Crippen molar-refractivity contribution < 1.29 is 10.2 Å². The van der Waals surface area contributed by atoms with Crippen LogP contribution in [-0.2, 0) is 0 Å². The quantitative estimate of drug-likeness (QED) is 0.840. The number of hydrogen-bond donors (Lipinski definition) is 2. The monoisotopic (exact) mass is 284 g/mol. The highest BCUT2D eigenvalue weighted by Gasteiger charge is 2.02.